The van der Waals surface area contributed by atoms with Gasteiger partial charge >= 0.3 is 0 Å². The van der Waals surface area contributed by atoms with E-state index < -0.39 is 6.23 Å². The zero-order valence-electron chi connectivity index (χ0n) is 11.2. The molecule has 0 saturated heterocycles. The summed E-state index contributed by atoms with van der Waals surface area (Å²) < 4.78 is 10.9. The van der Waals surface area contributed by atoms with E-state index in [0.29, 0.717) is 26.2 Å². The Labute approximate surface area is 109 Å². The molecule has 1 aromatic rings. The van der Waals surface area contributed by atoms with E-state index in [-0.39, 0.29) is 0 Å². The van der Waals surface area contributed by atoms with Crippen molar-refractivity contribution in [3.05, 3.63) is 29.8 Å². The maximum atomic E-state index is 9.24. The van der Waals surface area contributed by atoms with Gasteiger partial charge in [0.05, 0.1) is 6.61 Å². The number of aryl methyl sites for hydroxylation is 1. The van der Waals surface area contributed by atoms with Crippen molar-refractivity contribution in [3.63, 3.8) is 0 Å². The molecule has 0 aromatic heterocycles. The lowest BCUT2D eigenvalue weighted by molar-refractivity contribution is 0.0790. The number of hydrogen-bond donors (Lipinski definition) is 2. The average molecular weight is 253 g/mol. The third kappa shape index (κ3) is 6.59. The first-order valence-electron chi connectivity index (χ1n) is 6.35. The Morgan fingerprint density at radius 3 is 2.56 bits per heavy atom. The van der Waals surface area contributed by atoms with Crippen molar-refractivity contribution in [3.8, 4) is 5.75 Å². The highest BCUT2D eigenvalue weighted by Gasteiger charge is 1.99. The first-order chi connectivity index (χ1) is 8.72. The molecule has 0 heterocycles. The number of aliphatic hydroxyl groups excluding tert-OH is 1. The highest BCUT2D eigenvalue weighted by Crippen LogP contribution is 2.10. The van der Waals surface area contributed by atoms with Crippen LogP contribution in [0.2, 0.25) is 0 Å². The van der Waals surface area contributed by atoms with Gasteiger partial charge in [0.15, 0.2) is 0 Å². The summed E-state index contributed by atoms with van der Waals surface area (Å²) in [4.78, 5) is 0. The Bertz CT molecular complexity index is 313. The minimum atomic E-state index is -0.433. The van der Waals surface area contributed by atoms with Crippen LogP contribution < -0.4 is 10.1 Å². The number of benzene rings is 1. The van der Waals surface area contributed by atoms with Gasteiger partial charge in [-0.25, -0.2) is 0 Å². The SMILES string of the molecule is CNC(O)CCCOCCOc1ccc(C)cc1. The van der Waals surface area contributed by atoms with Gasteiger partial charge in [-0.05, 0) is 38.9 Å². The molecule has 18 heavy (non-hydrogen) atoms. The van der Waals surface area contributed by atoms with Crippen molar-refractivity contribution in [2.24, 2.45) is 0 Å². The first kappa shape index (κ1) is 15.0. The topological polar surface area (TPSA) is 50.7 Å². The average Bonchev–Trinajstić information content (AvgIpc) is 2.39. The molecule has 1 aromatic carbocycles. The van der Waals surface area contributed by atoms with E-state index in [0.717, 1.165) is 12.2 Å². The molecule has 0 aliphatic rings. The Morgan fingerprint density at radius 1 is 1.17 bits per heavy atom. The van der Waals surface area contributed by atoms with Gasteiger partial charge < -0.3 is 14.6 Å². The fraction of sp³-hybridized carbons (Fsp3) is 0.571. The van der Waals surface area contributed by atoms with Gasteiger partial charge in [0, 0.05) is 6.61 Å². The fourth-order valence-electron chi connectivity index (χ4n) is 1.48. The standard InChI is InChI=1S/C14H23NO3/c1-12-5-7-13(8-6-12)18-11-10-17-9-3-4-14(16)15-2/h5-8,14-16H,3-4,9-11H2,1-2H3. The molecule has 4 nitrogen and oxygen atoms in total. The highest BCUT2D eigenvalue weighted by atomic mass is 16.5. The van der Waals surface area contributed by atoms with Gasteiger partial charge in [-0.3, -0.25) is 5.32 Å². The zero-order chi connectivity index (χ0) is 13.2. The predicted octanol–water partition coefficient (Wildman–Crippen LogP) is 1.71. The van der Waals surface area contributed by atoms with Gasteiger partial charge in [0.25, 0.3) is 0 Å². The number of ether oxygens (including phenoxy) is 2. The Hall–Kier alpha value is -1.10. The van der Waals surface area contributed by atoms with Gasteiger partial charge in [-0.1, -0.05) is 17.7 Å². The van der Waals surface area contributed by atoms with Crippen LogP contribution in [0.5, 0.6) is 5.75 Å². The summed E-state index contributed by atoms with van der Waals surface area (Å²) in [6.07, 6.45) is 1.11. The Morgan fingerprint density at radius 2 is 1.89 bits per heavy atom. The molecule has 0 aliphatic heterocycles. The lowest BCUT2D eigenvalue weighted by Gasteiger charge is -2.09. The largest absolute Gasteiger partial charge is 0.491 e. The van der Waals surface area contributed by atoms with E-state index in [9.17, 15) is 5.11 Å². The van der Waals surface area contributed by atoms with Crippen molar-refractivity contribution in [1.29, 1.82) is 0 Å². The highest BCUT2D eigenvalue weighted by molar-refractivity contribution is 5.26. The van der Waals surface area contributed by atoms with Gasteiger partial charge in [0.1, 0.15) is 18.6 Å². The normalized spacial score (nSPS) is 12.4. The quantitative estimate of drug-likeness (QED) is 0.519. The molecule has 0 radical (unpaired) electrons. The van der Waals surface area contributed by atoms with Crippen molar-refractivity contribution in [2.45, 2.75) is 26.0 Å². The summed E-state index contributed by atoms with van der Waals surface area (Å²) in [5.41, 5.74) is 1.22. The fourth-order valence-corrected chi connectivity index (χ4v) is 1.48. The molecule has 0 fully saturated rings. The summed E-state index contributed by atoms with van der Waals surface area (Å²) in [7, 11) is 1.74. The molecule has 102 valence electrons. The lowest BCUT2D eigenvalue weighted by Crippen LogP contribution is -2.24. The van der Waals surface area contributed by atoms with Crippen molar-refractivity contribution in [1.82, 2.24) is 5.32 Å². The molecule has 2 N–H and O–H groups in total. The third-order valence-corrected chi connectivity index (χ3v) is 2.62. The monoisotopic (exact) mass is 253 g/mol. The minimum Gasteiger partial charge on any atom is -0.491 e. The van der Waals surface area contributed by atoms with Crippen LogP contribution in [0.15, 0.2) is 24.3 Å². The number of rotatable bonds is 9. The predicted molar refractivity (Wildman–Crippen MR) is 71.8 cm³/mol. The van der Waals surface area contributed by atoms with E-state index in [1.165, 1.54) is 5.56 Å². The number of nitrogens with one attached hydrogen (secondary N) is 1. The molecule has 1 rings (SSSR count). The van der Waals surface area contributed by atoms with E-state index >= 15 is 0 Å². The maximum Gasteiger partial charge on any atom is 0.119 e. The number of hydrogen-bond acceptors (Lipinski definition) is 4. The molecular weight excluding hydrogens is 230 g/mol. The second-order valence-corrected chi connectivity index (χ2v) is 4.22. The van der Waals surface area contributed by atoms with Gasteiger partial charge in [-0.15, -0.1) is 0 Å². The van der Waals surface area contributed by atoms with Crippen LogP contribution in [-0.2, 0) is 4.74 Å². The molecule has 0 spiro atoms. The summed E-state index contributed by atoms with van der Waals surface area (Å²) in [6, 6.07) is 7.96. The smallest absolute Gasteiger partial charge is 0.119 e. The first-order valence-corrected chi connectivity index (χ1v) is 6.35. The van der Waals surface area contributed by atoms with E-state index in [1.54, 1.807) is 7.05 Å². The van der Waals surface area contributed by atoms with Crippen LogP contribution in [0.1, 0.15) is 18.4 Å². The zero-order valence-corrected chi connectivity index (χ0v) is 11.2. The number of aliphatic hydroxyl groups is 1. The second-order valence-electron chi connectivity index (χ2n) is 4.22. The maximum absolute atomic E-state index is 9.24. The van der Waals surface area contributed by atoms with E-state index in [1.807, 2.05) is 31.2 Å². The minimum absolute atomic E-state index is 0.433. The van der Waals surface area contributed by atoms with Gasteiger partial charge in [-0.2, -0.15) is 0 Å². The van der Waals surface area contributed by atoms with Crippen molar-refractivity contribution < 1.29 is 14.6 Å². The molecule has 1 atom stereocenters. The van der Waals surface area contributed by atoms with Crippen LogP contribution in [0.25, 0.3) is 0 Å². The summed E-state index contributed by atoms with van der Waals surface area (Å²) in [5, 5.41) is 12.0. The summed E-state index contributed by atoms with van der Waals surface area (Å²) >= 11 is 0. The molecule has 0 bridgehead atoms. The lowest BCUT2D eigenvalue weighted by atomic mass is 10.2. The van der Waals surface area contributed by atoms with Crippen molar-refractivity contribution in [2.75, 3.05) is 26.9 Å². The Kier molecular flexibility index (Phi) is 7.41. The molecular formula is C14H23NO3. The summed E-state index contributed by atoms with van der Waals surface area (Å²) in [6.45, 7) is 3.82. The third-order valence-electron chi connectivity index (χ3n) is 2.62. The molecule has 1 unspecified atom stereocenters. The molecule has 4 heteroatoms. The van der Waals surface area contributed by atoms with Crippen LogP contribution >= 0.6 is 0 Å². The molecule has 0 saturated carbocycles. The van der Waals surface area contributed by atoms with Crippen LogP contribution in [0.3, 0.4) is 0 Å². The van der Waals surface area contributed by atoms with Crippen molar-refractivity contribution >= 4 is 0 Å². The van der Waals surface area contributed by atoms with E-state index in [4.69, 9.17) is 9.47 Å². The van der Waals surface area contributed by atoms with Gasteiger partial charge in [0.2, 0.25) is 0 Å². The molecule has 0 amide bonds. The van der Waals surface area contributed by atoms with Crippen LogP contribution in [0, 0.1) is 6.92 Å². The molecule has 0 aliphatic carbocycles. The second kappa shape index (κ2) is 8.91. The summed E-state index contributed by atoms with van der Waals surface area (Å²) in [5.74, 6) is 0.870. The van der Waals surface area contributed by atoms with E-state index in [2.05, 4.69) is 5.32 Å². The van der Waals surface area contributed by atoms with Crippen LogP contribution in [0.4, 0.5) is 0 Å². The Balaban J connectivity index is 1.97. The van der Waals surface area contributed by atoms with Crippen LogP contribution in [-0.4, -0.2) is 38.2 Å².